The Morgan fingerprint density at radius 2 is 2.05 bits per heavy atom. The van der Waals surface area contributed by atoms with Gasteiger partial charge in [0.25, 0.3) is 5.91 Å². The molecule has 0 heterocycles. The molecule has 6 heteroatoms. The Hall–Kier alpha value is -2.65. The zero-order valence-electron chi connectivity index (χ0n) is 11.8. The monoisotopic (exact) mass is 288 g/mol. The Morgan fingerprint density at radius 1 is 1.43 bits per heavy atom. The molecule has 110 valence electrons. The summed E-state index contributed by atoms with van der Waals surface area (Å²) in [6.45, 7) is 2.11. The van der Waals surface area contributed by atoms with Gasteiger partial charge in [0.1, 0.15) is 11.6 Å². The molecular formula is C15H16N2O4. The summed E-state index contributed by atoms with van der Waals surface area (Å²) in [6.07, 6.45) is 1.40. The van der Waals surface area contributed by atoms with Crippen molar-refractivity contribution < 1.29 is 19.4 Å². The summed E-state index contributed by atoms with van der Waals surface area (Å²) in [5, 5.41) is 20.5. The number of carboxylic acid groups (broad SMARTS) is 1. The number of benzene rings is 1. The van der Waals surface area contributed by atoms with E-state index in [1.54, 1.807) is 6.92 Å². The van der Waals surface area contributed by atoms with E-state index in [-0.39, 0.29) is 17.2 Å². The molecule has 0 bridgehead atoms. The van der Waals surface area contributed by atoms with E-state index in [1.165, 1.54) is 37.5 Å². The van der Waals surface area contributed by atoms with Crippen molar-refractivity contribution in [1.29, 1.82) is 5.26 Å². The minimum Gasteiger partial charge on any atom is -0.478 e. The Balaban J connectivity index is 2.86. The molecule has 0 saturated heterocycles. The quantitative estimate of drug-likeness (QED) is 0.609. The molecule has 0 aromatic heterocycles. The minimum atomic E-state index is -1.03. The number of nitrogens with zero attached hydrogens (tertiary/aromatic N) is 1. The van der Waals surface area contributed by atoms with Gasteiger partial charge >= 0.3 is 5.97 Å². The van der Waals surface area contributed by atoms with Crippen LogP contribution in [-0.2, 0) is 9.53 Å². The lowest BCUT2D eigenvalue weighted by Gasteiger charge is -2.11. The molecule has 2 N–H and O–H groups in total. The summed E-state index contributed by atoms with van der Waals surface area (Å²) in [4.78, 5) is 22.6. The van der Waals surface area contributed by atoms with Crippen molar-refractivity contribution in [2.75, 3.05) is 13.7 Å². The Kier molecular flexibility index (Phi) is 6.11. The highest BCUT2D eigenvalue weighted by molar-refractivity contribution is 6.01. The van der Waals surface area contributed by atoms with Crippen LogP contribution in [0, 0.1) is 11.3 Å². The standard InChI is InChI=1S/C15H16N2O4/c1-10(9-21-2)17-14(18)13(8-16)7-11-3-5-12(6-4-11)15(19)20/h3-7,10H,9H2,1-2H3,(H,17,18)(H,19,20)/b13-7+/t10-/m1/s1. The second-order valence-corrected chi connectivity index (χ2v) is 4.43. The van der Waals surface area contributed by atoms with Crippen LogP contribution in [-0.4, -0.2) is 36.7 Å². The number of hydrogen-bond acceptors (Lipinski definition) is 4. The second kappa shape index (κ2) is 7.82. The van der Waals surface area contributed by atoms with Crippen LogP contribution in [0.5, 0.6) is 0 Å². The lowest BCUT2D eigenvalue weighted by Crippen LogP contribution is -2.36. The van der Waals surface area contributed by atoms with Crippen LogP contribution < -0.4 is 5.32 Å². The Bertz CT molecular complexity index is 585. The molecule has 1 amide bonds. The average molecular weight is 288 g/mol. The fourth-order valence-corrected chi connectivity index (χ4v) is 1.63. The molecule has 0 aliphatic carbocycles. The van der Waals surface area contributed by atoms with E-state index in [1.807, 2.05) is 6.07 Å². The number of nitrogens with one attached hydrogen (secondary N) is 1. The Labute approximate surface area is 122 Å². The smallest absolute Gasteiger partial charge is 0.335 e. The number of hydrogen-bond donors (Lipinski definition) is 2. The molecule has 1 rings (SSSR count). The number of rotatable bonds is 6. The van der Waals surface area contributed by atoms with Crippen LogP contribution in [0.2, 0.25) is 0 Å². The van der Waals surface area contributed by atoms with Crippen LogP contribution in [0.15, 0.2) is 29.8 Å². The van der Waals surface area contributed by atoms with Crippen molar-refractivity contribution in [1.82, 2.24) is 5.32 Å². The maximum absolute atomic E-state index is 11.9. The molecule has 0 radical (unpaired) electrons. The molecule has 1 aromatic carbocycles. The number of ether oxygens (including phenoxy) is 1. The zero-order chi connectivity index (χ0) is 15.8. The topological polar surface area (TPSA) is 99.4 Å². The fourth-order valence-electron chi connectivity index (χ4n) is 1.63. The summed E-state index contributed by atoms with van der Waals surface area (Å²) in [5.74, 6) is -1.53. The third-order valence-corrected chi connectivity index (χ3v) is 2.63. The highest BCUT2D eigenvalue weighted by Gasteiger charge is 2.12. The zero-order valence-corrected chi connectivity index (χ0v) is 11.8. The number of carboxylic acids is 1. The second-order valence-electron chi connectivity index (χ2n) is 4.43. The third kappa shape index (κ3) is 5.09. The number of carbonyl (C=O) groups excluding carboxylic acids is 1. The van der Waals surface area contributed by atoms with Gasteiger partial charge in [-0.3, -0.25) is 4.79 Å². The molecule has 0 unspecified atom stereocenters. The molecule has 21 heavy (non-hydrogen) atoms. The molecule has 0 spiro atoms. The van der Waals surface area contributed by atoms with Gasteiger partial charge < -0.3 is 15.2 Å². The van der Waals surface area contributed by atoms with Gasteiger partial charge in [-0.1, -0.05) is 12.1 Å². The van der Waals surface area contributed by atoms with Crippen molar-refractivity contribution in [2.24, 2.45) is 0 Å². The van der Waals surface area contributed by atoms with Crippen LogP contribution in [0.3, 0.4) is 0 Å². The van der Waals surface area contributed by atoms with Crippen molar-refractivity contribution >= 4 is 18.0 Å². The highest BCUT2D eigenvalue weighted by Crippen LogP contribution is 2.09. The summed E-state index contributed by atoms with van der Waals surface area (Å²) in [6, 6.07) is 7.50. The first kappa shape index (κ1) is 16.4. The normalized spacial score (nSPS) is 12.3. The molecule has 0 aliphatic heterocycles. The van der Waals surface area contributed by atoms with E-state index < -0.39 is 11.9 Å². The fraction of sp³-hybridized carbons (Fsp3) is 0.267. The van der Waals surface area contributed by atoms with Crippen molar-refractivity contribution in [2.45, 2.75) is 13.0 Å². The first-order chi connectivity index (χ1) is 9.97. The van der Waals surface area contributed by atoms with Gasteiger partial charge in [0.05, 0.1) is 12.2 Å². The predicted molar refractivity (Wildman–Crippen MR) is 76.5 cm³/mol. The lowest BCUT2D eigenvalue weighted by atomic mass is 10.1. The Morgan fingerprint density at radius 3 is 2.52 bits per heavy atom. The van der Waals surface area contributed by atoms with Gasteiger partial charge in [0, 0.05) is 13.2 Å². The lowest BCUT2D eigenvalue weighted by molar-refractivity contribution is -0.117. The number of nitriles is 1. The predicted octanol–water partition coefficient (Wildman–Crippen LogP) is 1.44. The largest absolute Gasteiger partial charge is 0.478 e. The van der Waals surface area contributed by atoms with E-state index in [4.69, 9.17) is 15.1 Å². The van der Waals surface area contributed by atoms with E-state index in [2.05, 4.69) is 5.32 Å². The van der Waals surface area contributed by atoms with Gasteiger partial charge in [-0.15, -0.1) is 0 Å². The van der Waals surface area contributed by atoms with Crippen LogP contribution in [0.25, 0.3) is 6.08 Å². The van der Waals surface area contributed by atoms with Crippen molar-refractivity contribution in [3.8, 4) is 6.07 Å². The van der Waals surface area contributed by atoms with E-state index in [0.717, 1.165) is 0 Å². The summed E-state index contributed by atoms with van der Waals surface area (Å²) < 4.78 is 4.90. The first-order valence-corrected chi connectivity index (χ1v) is 6.23. The SMILES string of the molecule is COC[C@@H](C)NC(=O)/C(C#N)=C/c1ccc(C(=O)O)cc1. The van der Waals surface area contributed by atoms with Crippen LogP contribution >= 0.6 is 0 Å². The summed E-state index contributed by atoms with van der Waals surface area (Å²) in [5.41, 5.74) is 0.663. The molecular weight excluding hydrogens is 272 g/mol. The number of carbonyl (C=O) groups is 2. The maximum atomic E-state index is 11.9. The van der Waals surface area contributed by atoms with Crippen molar-refractivity contribution in [3.05, 3.63) is 41.0 Å². The van der Waals surface area contributed by atoms with Gasteiger partial charge in [-0.2, -0.15) is 5.26 Å². The molecule has 0 aliphatic rings. The first-order valence-electron chi connectivity index (χ1n) is 6.23. The van der Waals surface area contributed by atoms with Gasteiger partial charge in [0.15, 0.2) is 0 Å². The number of aromatic carboxylic acids is 1. The third-order valence-electron chi connectivity index (χ3n) is 2.63. The minimum absolute atomic E-state index is 0.0546. The molecule has 0 saturated carbocycles. The summed E-state index contributed by atoms with van der Waals surface area (Å²) >= 11 is 0. The molecule has 0 fully saturated rings. The van der Waals surface area contributed by atoms with Crippen LogP contribution in [0.1, 0.15) is 22.8 Å². The molecule has 1 aromatic rings. The number of amides is 1. The van der Waals surface area contributed by atoms with E-state index in [0.29, 0.717) is 12.2 Å². The molecule has 6 nitrogen and oxygen atoms in total. The summed E-state index contributed by atoms with van der Waals surface area (Å²) in [7, 11) is 1.52. The maximum Gasteiger partial charge on any atom is 0.335 e. The van der Waals surface area contributed by atoms with Gasteiger partial charge in [0.2, 0.25) is 0 Å². The average Bonchev–Trinajstić information content (AvgIpc) is 2.45. The van der Waals surface area contributed by atoms with Crippen LogP contribution in [0.4, 0.5) is 0 Å². The van der Waals surface area contributed by atoms with E-state index >= 15 is 0 Å². The molecule has 1 atom stereocenters. The highest BCUT2D eigenvalue weighted by atomic mass is 16.5. The van der Waals surface area contributed by atoms with Gasteiger partial charge in [-0.25, -0.2) is 4.79 Å². The van der Waals surface area contributed by atoms with Gasteiger partial charge in [-0.05, 0) is 30.7 Å². The van der Waals surface area contributed by atoms with Crippen molar-refractivity contribution in [3.63, 3.8) is 0 Å². The van der Waals surface area contributed by atoms with E-state index in [9.17, 15) is 9.59 Å². The number of methoxy groups -OCH3 is 1.